The van der Waals surface area contributed by atoms with Crippen LogP contribution in [0.2, 0.25) is 0 Å². The molecule has 1 aromatic carbocycles. The van der Waals surface area contributed by atoms with Gasteiger partial charge in [-0.15, -0.1) is 0 Å². The van der Waals surface area contributed by atoms with Crippen molar-refractivity contribution in [2.24, 2.45) is 10.7 Å². The molecule has 0 spiro atoms. The van der Waals surface area contributed by atoms with Crippen molar-refractivity contribution in [3.05, 3.63) is 29.6 Å². The molecule has 1 aliphatic heterocycles. The van der Waals surface area contributed by atoms with Crippen molar-refractivity contribution in [2.75, 3.05) is 44.2 Å². The van der Waals surface area contributed by atoms with Gasteiger partial charge in [0.2, 0.25) is 0 Å². The van der Waals surface area contributed by atoms with Crippen LogP contribution in [-0.4, -0.2) is 50.1 Å². The molecule has 0 unspecified atom stereocenters. The molecule has 6 heteroatoms. The maximum atomic E-state index is 14.5. The van der Waals surface area contributed by atoms with Gasteiger partial charge in [-0.05, 0) is 30.7 Å². The Morgan fingerprint density at radius 1 is 1.15 bits per heavy atom. The van der Waals surface area contributed by atoms with Gasteiger partial charge in [-0.25, -0.2) is 9.38 Å². The highest BCUT2D eigenvalue weighted by molar-refractivity contribution is 5.77. The van der Waals surface area contributed by atoms with E-state index in [1.165, 1.54) is 19.3 Å². The highest BCUT2D eigenvalue weighted by Crippen LogP contribution is 2.22. The summed E-state index contributed by atoms with van der Waals surface area (Å²) in [6, 6.07) is 5.40. The van der Waals surface area contributed by atoms with Crippen LogP contribution in [0.15, 0.2) is 23.2 Å². The molecule has 1 aromatic rings. The van der Waals surface area contributed by atoms with Crippen LogP contribution >= 0.6 is 0 Å². The monoisotopic (exact) mass is 363 g/mol. The number of rotatable bonds is 9. The van der Waals surface area contributed by atoms with Gasteiger partial charge in [0.15, 0.2) is 5.96 Å². The SMILES string of the molecule is CCCCCCNC(N)=NCc1ccc(N2CCN(CC)CC2)c(F)c1. The lowest BCUT2D eigenvalue weighted by atomic mass is 10.1. The molecule has 0 aliphatic carbocycles. The molecule has 0 aromatic heterocycles. The minimum atomic E-state index is -0.172. The van der Waals surface area contributed by atoms with Crippen molar-refractivity contribution < 1.29 is 4.39 Å². The molecule has 26 heavy (non-hydrogen) atoms. The van der Waals surface area contributed by atoms with Crippen LogP contribution in [0.4, 0.5) is 10.1 Å². The largest absolute Gasteiger partial charge is 0.370 e. The number of nitrogens with two attached hydrogens (primary N) is 1. The second kappa shape index (κ2) is 11.0. The van der Waals surface area contributed by atoms with Crippen LogP contribution in [0.25, 0.3) is 0 Å². The van der Waals surface area contributed by atoms with E-state index in [0.717, 1.165) is 51.3 Å². The Labute approximate surface area is 157 Å². The Morgan fingerprint density at radius 3 is 2.58 bits per heavy atom. The molecule has 3 N–H and O–H groups in total. The van der Waals surface area contributed by atoms with Crippen LogP contribution in [0.5, 0.6) is 0 Å². The van der Waals surface area contributed by atoms with Crippen molar-refractivity contribution in [3.8, 4) is 0 Å². The van der Waals surface area contributed by atoms with Crippen LogP contribution < -0.4 is 16.0 Å². The van der Waals surface area contributed by atoms with Gasteiger partial charge >= 0.3 is 0 Å². The number of guanidine groups is 1. The molecule has 5 nitrogen and oxygen atoms in total. The predicted molar refractivity (Wildman–Crippen MR) is 108 cm³/mol. The zero-order chi connectivity index (χ0) is 18.8. The second-order valence-electron chi connectivity index (χ2n) is 6.90. The van der Waals surface area contributed by atoms with Gasteiger partial charge in [-0.2, -0.15) is 0 Å². The van der Waals surface area contributed by atoms with Crippen LogP contribution in [-0.2, 0) is 6.54 Å². The summed E-state index contributed by atoms with van der Waals surface area (Å²) in [6.07, 6.45) is 4.77. The zero-order valence-electron chi connectivity index (χ0n) is 16.3. The molecule has 1 fully saturated rings. The highest BCUT2D eigenvalue weighted by Gasteiger charge is 2.18. The van der Waals surface area contributed by atoms with E-state index in [2.05, 4.69) is 34.0 Å². The lowest BCUT2D eigenvalue weighted by Gasteiger charge is -2.35. The smallest absolute Gasteiger partial charge is 0.188 e. The number of aliphatic imine (C=N–C) groups is 1. The van der Waals surface area contributed by atoms with Crippen molar-refractivity contribution in [1.82, 2.24) is 10.2 Å². The fourth-order valence-corrected chi connectivity index (χ4v) is 3.21. The molecule has 0 saturated carbocycles. The van der Waals surface area contributed by atoms with Crippen molar-refractivity contribution in [3.63, 3.8) is 0 Å². The van der Waals surface area contributed by atoms with E-state index in [0.29, 0.717) is 18.2 Å². The Kier molecular flexibility index (Phi) is 8.68. The average Bonchev–Trinajstić information content (AvgIpc) is 2.66. The molecule has 1 heterocycles. The molecule has 0 radical (unpaired) electrons. The van der Waals surface area contributed by atoms with Gasteiger partial charge in [-0.3, -0.25) is 0 Å². The topological polar surface area (TPSA) is 56.9 Å². The van der Waals surface area contributed by atoms with E-state index < -0.39 is 0 Å². The summed E-state index contributed by atoms with van der Waals surface area (Å²) in [5, 5.41) is 3.12. The number of likely N-dealkylation sites (N-methyl/N-ethyl adjacent to an activating group) is 1. The maximum absolute atomic E-state index is 14.5. The minimum absolute atomic E-state index is 0.172. The third kappa shape index (κ3) is 6.48. The molecule has 2 rings (SSSR count). The summed E-state index contributed by atoms with van der Waals surface area (Å²) in [7, 11) is 0. The molecule has 0 bridgehead atoms. The molecule has 1 saturated heterocycles. The Morgan fingerprint density at radius 2 is 1.92 bits per heavy atom. The van der Waals surface area contributed by atoms with Crippen LogP contribution in [0, 0.1) is 5.82 Å². The van der Waals surface area contributed by atoms with Crippen LogP contribution in [0.1, 0.15) is 45.1 Å². The van der Waals surface area contributed by atoms with E-state index in [4.69, 9.17) is 5.73 Å². The maximum Gasteiger partial charge on any atom is 0.188 e. The number of hydrogen-bond acceptors (Lipinski definition) is 3. The summed E-state index contributed by atoms with van der Waals surface area (Å²) in [5.41, 5.74) is 7.41. The zero-order valence-corrected chi connectivity index (χ0v) is 16.3. The normalized spacial score (nSPS) is 16.1. The first-order chi connectivity index (χ1) is 12.6. The first kappa shape index (κ1) is 20.5. The van der Waals surface area contributed by atoms with Crippen molar-refractivity contribution in [2.45, 2.75) is 46.1 Å². The molecule has 146 valence electrons. The standard InChI is InChI=1S/C20H34FN5/c1-3-5-6-7-10-23-20(22)24-16-17-8-9-19(18(21)15-17)26-13-11-25(4-2)12-14-26/h8-9,15H,3-7,10-14,16H2,1-2H3,(H3,22,23,24). The lowest BCUT2D eigenvalue weighted by molar-refractivity contribution is 0.270. The Hall–Kier alpha value is -1.82. The molecular weight excluding hydrogens is 329 g/mol. The van der Waals surface area contributed by atoms with E-state index in [1.807, 2.05) is 12.1 Å². The molecular formula is C20H34FN5. The van der Waals surface area contributed by atoms with Gasteiger partial charge in [0.1, 0.15) is 5.82 Å². The fraction of sp³-hybridized carbons (Fsp3) is 0.650. The first-order valence-corrected chi connectivity index (χ1v) is 9.93. The average molecular weight is 364 g/mol. The molecule has 1 aliphatic rings. The number of piperazine rings is 1. The summed E-state index contributed by atoms with van der Waals surface area (Å²) < 4.78 is 14.5. The second-order valence-corrected chi connectivity index (χ2v) is 6.90. The quantitative estimate of drug-likeness (QED) is 0.402. The summed E-state index contributed by atoms with van der Waals surface area (Å²) in [4.78, 5) is 8.82. The van der Waals surface area contributed by atoms with Gasteiger partial charge in [0.25, 0.3) is 0 Å². The summed E-state index contributed by atoms with van der Waals surface area (Å²) in [5.74, 6) is 0.260. The van der Waals surface area contributed by atoms with Gasteiger partial charge < -0.3 is 20.9 Å². The van der Waals surface area contributed by atoms with Crippen LogP contribution in [0.3, 0.4) is 0 Å². The van der Waals surface area contributed by atoms with Gasteiger partial charge in [-0.1, -0.05) is 39.2 Å². The summed E-state index contributed by atoms with van der Waals surface area (Å²) in [6.45, 7) is 10.4. The van der Waals surface area contributed by atoms with E-state index >= 15 is 0 Å². The number of anilines is 1. The van der Waals surface area contributed by atoms with E-state index in [-0.39, 0.29) is 5.82 Å². The summed E-state index contributed by atoms with van der Waals surface area (Å²) >= 11 is 0. The predicted octanol–water partition coefficient (Wildman–Crippen LogP) is 2.95. The number of unbranched alkanes of at least 4 members (excludes halogenated alkanes) is 3. The van der Waals surface area contributed by atoms with Gasteiger partial charge in [0, 0.05) is 32.7 Å². The molecule has 0 atom stereocenters. The van der Waals surface area contributed by atoms with Crippen molar-refractivity contribution in [1.29, 1.82) is 0 Å². The number of halogens is 1. The number of nitrogens with one attached hydrogen (secondary N) is 1. The Balaban J connectivity index is 1.82. The minimum Gasteiger partial charge on any atom is -0.370 e. The third-order valence-electron chi connectivity index (χ3n) is 4.94. The van der Waals surface area contributed by atoms with E-state index in [1.54, 1.807) is 6.07 Å². The third-order valence-corrected chi connectivity index (χ3v) is 4.94. The Bertz CT molecular complexity index is 567. The number of benzene rings is 1. The van der Waals surface area contributed by atoms with Crippen molar-refractivity contribution >= 4 is 11.6 Å². The van der Waals surface area contributed by atoms with Gasteiger partial charge in [0.05, 0.1) is 12.2 Å². The fourth-order valence-electron chi connectivity index (χ4n) is 3.21. The molecule has 0 amide bonds. The number of hydrogen-bond donors (Lipinski definition) is 2. The first-order valence-electron chi connectivity index (χ1n) is 9.93. The number of nitrogens with zero attached hydrogens (tertiary/aromatic N) is 3. The highest BCUT2D eigenvalue weighted by atomic mass is 19.1. The van der Waals surface area contributed by atoms with E-state index in [9.17, 15) is 4.39 Å². The lowest BCUT2D eigenvalue weighted by Crippen LogP contribution is -2.46.